The summed E-state index contributed by atoms with van der Waals surface area (Å²) >= 11 is 0. The van der Waals surface area contributed by atoms with E-state index in [2.05, 4.69) is 15.5 Å². The summed E-state index contributed by atoms with van der Waals surface area (Å²) in [5, 5.41) is 7.31. The SMILES string of the molecule is C1CC(NCCN2CCC(CCNC3CC3)C2)C1. The third-order valence-corrected chi connectivity index (χ3v) is 4.90. The van der Waals surface area contributed by atoms with Crippen LogP contribution in [0.2, 0.25) is 0 Å². The second-order valence-corrected chi connectivity index (χ2v) is 6.55. The standard InChI is InChI=1S/C15H29N3/c1-2-14(3-1)17-9-11-18-10-7-13(12-18)6-8-16-15-4-5-15/h13-17H,1-12H2. The quantitative estimate of drug-likeness (QED) is 0.686. The number of hydrogen-bond donors (Lipinski definition) is 2. The molecule has 0 amide bonds. The first-order valence-corrected chi connectivity index (χ1v) is 8.09. The Morgan fingerprint density at radius 2 is 1.67 bits per heavy atom. The molecule has 1 unspecified atom stereocenters. The molecule has 3 fully saturated rings. The van der Waals surface area contributed by atoms with E-state index in [1.54, 1.807) is 0 Å². The van der Waals surface area contributed by atoms with E-state index >= 15 is 0 Å². The Hall–Kier alpha value is -0.120. The molecule has 0 spiro atoms. The van der Waals surface area contributed by atoms with Crippen molar-refractivity contribution in [3.63, 3.8) is 0 Å². The molecular formula is C15H29N3. The van der Waals surface area contributed by atoms with Gasteiger partial charge < -0.3 is 15.5 Å². The monoisotopic (exact) mass is 251 g/mol. The zero-order chi connectivity index (χ0) is 12.2. The molecule has 3 rings (SSSR count). The molecule has 3 nitrogen and oxygen atoms in total. The molecule has 2 saturated carbocycles. The highest BCUT2D eigenvalue weighted by Crippen LogP contribution is 2.22. The van der Waals surface area contributed by atoms with Gasteiger partial charge in [0.2, 0.25) is 0 Å². The van der Waals surface area contributed by atoms with Crippen LogP contribution >= 0.6 is 0 Å². The number of nitrogens with zero attached hydrogens (tertiary/aromatic N) is 1. The van der Waals surface area contributed by atoms with Gasteiger partial charge in [0.15, 0.2) is 0 Å². The number of nitrogens with one attached hydrogen (secondary N) is 2. The highest BCUT2D eigenvalue weighted by Gasteiger charge is 2.24. The van der Waals surface area contributed by atoms with Gasteiger partial charge in [-0.25, -0.2) is 0 Å². The van der Waals surface area contributed by atoms with Crippen molar-refractivity contribution in [2.75, 3.05) is 32.7 Å². The third-order valence-electron chi connectivity index (χ3n) is 4.90. The van der Waals surface area contributed by atoms with Gasteiger partial charge in [0.1, 0.15) is 0 Å². The van der Waals surface area contributed by atoms with Crippen LogP contribution in [0.1, 0.15) is 44.9 Å². The van der Waals surface area contributed by atoms with Gasteiger partial charge in [0.25, 0.3) is 0 Å². The van der Waals surface area contributed by atoms with E-state index in [0.717, 1.165) is 18.0 Å². The minimum absolute atomic E-state index is 0.853. The van der Waals surface area contributed by atoms with E-state index in [1.165, 1.54) is 77.7 Å². The van der Waals surface area contributed by atoms with Gasteiger partial charge in [0, 0.05) is 31.7 Å². The van der Waals surface area contributed by atoms with Crippen LogP contribution in [-0.2, 0) is 0 Å². The predicted molar refractivity (Wildman–Crippen MR) is 75.8 cm³/mol. The van der Waals surface area contributed by atoms with Crippen LogP contribution in [0.4, 0.5) is 0 Å². The van der Waals surface area contributed by atoms with E-state index < -0.39 is 0 Å². The Balaban J connectivity index is 1.21. The number of hydrogen-bond acceptors (Lipinski definition) is 3. The molecule has 3 heteroatoms. The van der Waals surface area contributed by atoms with Crippen molar-refractivity contribution in [2.24, 2.45) is 5.92 Å². The van der Waals surface area contributed by atoms with Crippen LogP contribution < -0.4 is 10.6 Å². The molecule has 0 aromatic heterocycles. The van der Waals surface area contributed by atoms with E-state index in [1.807, 2.05) is 0 Å². The van der Waals surface area contributed by atoms with Crippen LogP contribution in [-0.4, -0.2) is 49.7 Å². The number of likely N-dealkylation sites (tertiary alicyclic amines) is 1. The summed E-state index contributed by atoms with van der Waals surface area (Å²) in [6.07, 6.45) is 9.93. The van der Waals surface area contributed by atoms with Gasteiger partial charge in [-0.2, -0.15) is 0 Å². The molecule has 18 heavy (non-hydrogen) atoms. The molecule has 1 atom stereocenters. The lowest BCUT2D eigenvalue weighted by molar-refractivity contribution is 0.284. The van der Waals surface area contributed by atoms with Gasteiger partial charge >= 0.3 is 0 Å². The van der Waals surface area contributed by atoms with Gasteiger partial charge in [-0.1, -0.05) is 6.42 Å². The average molecular weight is 251 g/mol. The zero-order valence-electron chi connectivity index (χ0n) is 11.7. The second-order valence-electron chi connectivity index (χ2n) is 6.55. The lowest BCUT2D eigenvalue weighted by atomic mass is 9.93. The Kier molecular flexibility index (Phi) is 4.55. The highest BCUT2D eigenvalue weighted by molar-refractivity contribution is 4.83. The zero-order valence-corrected chi connectivity index (χ0v) is 11.7. The molecule has 0 aromatic rings. The topological polar surface area (TPSA) is 27.3 Å². The van der Waals surface area contributed by atoms with Gasteiger partial charge in [-0.05, 0) is 57.5 Å². The van der Waals surface area contributed by atoms with Crippen molar-refractivity contribution in [3.8, 4) is 0 Å². The summed E-state index contributed by atoms with van der Waals surface area (Å²) in [6.45, 7) is 6.41. The molecular weight excluding hydrogens is 222 g/mol. The molecule has 104 valence electrons. The summed E-state index contributed by atoms with van der Waals surface area (Å²) in [7, 11) is 0. The van der Waals surface area contributed by atoms with Crippen molar-refractivity contribution >= 4 is 0 Å². The molecule has 0 aromatic carbocycles. The normalized spacial score (nSPS) is 29.7. The minimum Gasteiger partial charge on any atom is -0.314 e. The molecule has 1 saturated heterocycles. The van der Waals surface area contributed by atoms with Crippen molar-refractivity contribution in [1.29, 1.82) is 0 Å². The molecule has 0 bridgehead atoms. The maximum Gasteiger partial charge on any atom is 0.0107 e. The smallest absolute Gasteiger partial charge is 0.0107 e. The first-order chi connectivity index (χ1) is 8.90. The van der Waals surface area contributed by atoms with Gasteiger partial charge in [-0.3, -0.25) is 0 Å². The van der Waals surface area contributed by atoms with Crippen molar-refractivity contribution in [1.82, 2.24) is 15.5 Å². The maximum absolute atomic E-state index is 3.67. The molecule has 2 N–H and O–H groups in total. The summed E-state index contributed by atoms with van der Waals surface area (Å²) in [5.41, 5.74) is 0. The summed E-state index contributed by atoms with van der Waals surface area (Å²) < 4.78 is 0. The highest BCUT2D eigenvalue weighted by atomic mass is 15.2. The predicted octanol–water partition coefficient (Wildman–Crippen LogP) is 1.59. The lowest BCUT2D eigenvalue weighted by Gasteiger charge is -2.27. The van der Waals surface area contributed by atoms with E-state index in [0.29, 0.717) is 0 Å². The van der Waals surface area contributed by atoms with Crippen LogP contribution in [0, 0.1) is 5.92 Å². The van der Waals surface area contributed by atoms with Crippen molar-refractivity contribution in [3.05, 3.63) is 0 Å². The Morgan fingerprint density at radius 3 is 2.39 bits per heavy atom. The third kappa shape index (κ3) is 3.94. The molecule has 0 radical (unpaired) electrons. The largest absolute Gasteiger partial charge is 0.314 e. The number of rotatable bonds is 8. The summed E-state index contributed by atoms with van der Waals surface area (Å²) in [4.78, 5) is 2.66. The first-order valence-electron chi connectivity index (χ1n) is 8.09. The van der Waals surface area contributed by atoms with Gasteiger partial charge in [0.05, 0.1) is 0 Å². The van der Waals surface area contributed by atoms with Crippen molar-refractivity contribution < 1.29 is 0 Å². The lowest BCUT2D eigenvalue weighted by Crippen LogP contribution is -2.40. The van der Waals surface area contributed by atoms with Gasteiger partial charge in [-0.15, -0.1) is 0 Å². The fourth-order valence-electron chi connectivity index (χ4n) is 3.17. The van der Waals surface area contributed by atoms with E-state index in [4.69, 9.17) is 0 Å². The molecule has 3 aliphatic rings. The first kappa shape index (κ1) is 12.9. The Labute approximate surface area is 112 Å². The fourth-order valence-corrected chi connectivity index (χ4v) is 3.17. The van der Waals surface area contributed by atoms with Crippen LogP contribution in [0.15, 0.2) is 0 Å². The average Bonchev–Trinajstić information content (AvgIpc) is 3.02. The second kappa shape index (κ2) is 6.36. The van der Waals surface area contributed by atoms with Crippen LogP contribution in [0.25, 0.3) is 0 Å². The molecule has 2 aliphatic carbocycles. The van der Waals surface area contributed by atoms with Crippen molar-refractivity contribution in [2.45, 2.75) is 57.0 Å². The Bertz CT molecular complexity index is 248. The molecule has 1 heterocycles. The summed E-state index contributed by atoms with van der Waals surface area (Å²) in [6, 6.07) is 1.74. The summed E-state index contributed by atoms with van der Waals surface area (Å²) in [5.74, 6) is 0.958. The minimum atomic E-state index is 0.853. The maximum atomic E-state index is 3.67. The van der Waals surface area contributed by atoms with Crippen LogP contribution in [0.3, 0.4) is 0 Å². The van der Waals surface area contributed by atoms with Crippen LogP contribution in [0.5, 0.6) is 0 Å². The van der Waals surface area contributed by atoms with E-state index in [-0.39, 0.29) is 0 Å². The molecule has 1 aliphatic heterocycles. The Morgan fingerprint density at radius 1 is 0.889 bits per heavy atom. The van der Waals surface area contributed by atoms with E-state index in [9.17, 15) is 0 Å². The fraction of sp³-hybridized carbons (Fsp3) is 1.00.